The van der Waals surface area contributed by atoms with Gasteiger partial charge < -0.3 is 10.5 Å². The first-order valence-corrected chi connectivity index (χ1v) is 6.75. The summed E-state index contributed by atoms with van der Waals surface area (Å²) in [6.45, 7) is 0. The van der Waals surface area contributed by atoms with E-state index in [4.69, 9.17) is 10.5 Å². The van der Waals surface area contributed by atoms with Crippen LogP contribution in [0.15, 0.2) is 42.9 Å². The topological polar surface area (TPSA) is 69.6 Å². The zero-order valence-corrected chi connectivity index (χ0v) is 12.2. The zero-order chi connectivity index (χ0) is 16.6. The molecule has 2 N–H and O–H groups in total. The van der Waals surface area contributed by atoms with Crippen LogP contribution in [0.5, 0.6) is 0 Å². The van der Waals surface area contributed by atoms with Gasteiger partial charge in [0.15, 0.2) is 0 Å². The van der Waals surface area contributed by atoms with Gasteiger partial charge in [0, 0.05) is 7.11 Å². The number of nitrogens with zero attached hydrogens (tertiary/aromatic N) is 2. The molecule has 3 aromatic rings. The highest BCUT2D eigenvalue weighted by atomic mass is 19.1. The lowest BCUT2D eigenvalue weighted by molar-refractivity contribution is 0.0983. The minimum absolute atomic E-state index is 0.0517. The molecule has 7 heteroatoms. The average Bonchev–Trinajstić information content (AvgIpc) is 3.00. The van der Waals surface area contributed by atoms with E-state index in [1.54, 1.807) is 6.07 Å². The summed E-state index contributed by atoms with van der Waals surface area (Å²) >= 11 is 0. The number of carbonyl (C=O) groups excluding carboxylic acids is 1. The van der Waals surface area contributed by atoms with E-state index < -0.39 is 23.6 Å². The molecular weight excluding hydrogens is 304 g/mol. The Morgan fingerprint density at radius 3 is 2.78 bits per heavy atom. The van der Waals surface area contributed by atoms with Gasteiger partial charge in [0.2, 0.25) is 0 Å². The predicted molar refractivity (Wildman–Crippen MR) is 78.9 cm³/mol. The second-order valence-corrected chi connectivity index (χ2v) is 4.98. The lowest BCUT2D eigenvalue weighted by Gasteiger charge is -2.20. The van der Waals surface area contributed by atoms with Gasteiger partial charge in [0.05, 0.1) is 23.8 Å². The van der Waals surface area contributed by atoms with Crippen LogP contribution in [0, 0.1) is 11.6 Å². The fraction of sp³-hybridized carbons (Fsp3) is 0.125. The maximum absolute atomic E-state index is 14.1. The number of ether oxygens (including phenoxy) is 1. The second kappa shape index (κ2) is 5.77. The molecule has 1 aromatic carbocycles. The number of halogens is 2. The van der Waals surface area contributed by atoms with E-state index in [0.717, 1.165) is 6.07 Å². The second-order valence-electron chi connectivity index (χ2n) is 4.98. The van der Waals surface area contributed by atoms with Gasteiger partial charge in [-0.15, -0.1) is 0 Å². The number of nitrogens with two attached hydrogens (primary N) is 1. The van der Waals surface area contributed by atoms with E-state index in [9.17, 15) is 13.6 Å². The Morgan fingerprint density at radius 1 is 1.35 bits per heavy atom. The summed E-state index contributed by atoms with van der Waals surface area (Å²) in [5, 5.41) is 0. The number of aromatic nitrogens is 2. The molecule has 0 radical (unpaired) electrons. The van der Waals surface area contributed by atoms with Crippen LogP contribution >= 0.6 is 0 Å². The molecule has 23 heavy (non-hydrogen) atoms. The Hall–Kier alpha value is -2.80. The lowest BCUT2D eigenvalue weighted by Crippen LogP contribution is -2.20. The third-order valence-corrected chi connectivity index (χ3v) is 3.59. The minimum atomic E-state index is -0.814. The van der Waals surface area contributed by atoms with Crippen LogP contribution in [-0.2, 0) is 4.74 Å². The van der Waals surface area contributed by atoms with E-state index in [2.05, 4.69) is 4.98 Å². The number of methoxy groups -OCH3 is 1. The van der Waals surface area contributed by atoms with E-state index in [1.807, 2.05) is 0 Å². The number of hydrogen-bond donors (Lipinski definition) is 1. The molecule has 2 aromatic heterocycles. The predicted octanol–water partition coefficient (Wildman–Crippen LogP) is 2.45. The number of hydrogen-bond acceptors (Lipinski definition) is 3. The van der Waals surface area contributed by atoms with Crippen molar-refractivity contribution in [2.75, 3.05) is 7.11 Å². The number of fused-ring (bicyclic) bond motifs is 1. The van der Waals surface area contributed by atoms with Crippen LogP contribution in [0.2, 0.25) is 0 Å². The van der Waals surface area contributed by atoms with Crippen LogP contribution in [0.4, 0.5) is 8.78 Å². The van der Waals surface area contributed by atoms with E-state index in [0.29, 0.717) is 11.3 Å². The summed E-state index contributed by atoms with van der Waals surface area (Å²) in [5.74, 6) is -1.89. The van der Waals surface area contributed by atoms with Gasteiger partial charge in [-0.2, -0.15) is 0 Å². The van der Waals surface area contributed by atoms with Crippen molar-refractivity contribution >= 4 is 11.4 Å². The summed E-state index contributed by atoms with van der Waals surface area (Å²) in [4.78, 5) is 15.6. The maximum atomic E-state index is 14.1. The number of primary amides is 1. The first-order chi connectivity index (χ1) is 11.0. The van der Waals surface area contributed by atoms with Gasteiger partial charge in [-0.25, -0.2) is 13.8 Å². The molecular formula is C16H13F2N3O2. The van der Waals surface area contributed by atoms with Gasteiger partial charge in [0.1, 0.15) is 23.3 Å². The number of imidazole rings is 1. The van der Waals surface area contributed by atoms with Crippen molar-refractivity contribution in [2.24, 2.45) is 5.73 Å². The highest BCUT2D eigenvalue weighted by molar-refractivity contribution is 5.94. The normalized spacial score (nSPS) is 12.5. The van der Waals surface area contributed by atoms with Crippen molar-refractivity contribution in [1.29, 1.82) is 0 Å². The van der Waals surface area contributed by atoms with Crippen LogP contribution in [-0.4, -0.2) is 22.4 Å². The highest BCUT2D eigenvalue weighted by Gasteiger charge is 2.25. The summed E-state index contributed by atoms with van der Waals surface area (Å²) in [6.07, 6.45) is 1.86. The molecule has 1 atom stereocenters. The lowest BCUT2D eigenvalue weighted by atomic mass is 10.0. The number of pyridine rings is 1. The first-order valence-electron chi connectivity index (χ1n) is 6.75. The summed E-state index contributed by atoms with van der Waals surface area (Å²) < 4.78 is 34.4. The molecule has 2 heterocycles. The van der Waals surface area contributed by atoms with Crippen LogP contribution in [0.25, 0.3) is 5.52 Å². The van der Waals surface area contributed by atoms with Gasteiger partial charge >= 0.3 is 0 Å². The molecule has 1 amide bonds. The molecule has 0 saturated carbocycles. The molecule has 1 unspecified atom stereocenters. The summed E-state index contributed by atoms with van der Waals surface area (Å²) in [6, 6.07) is 6.79. The first kappa shape index (κ1) is 15.1. The quantitative estimate of drug-likeness (QED) is 0.803. The largest absolute Gasteiger partial charge is 0.370 e. The van der Waals surface area contributed by atoms with Gasteiger partial charge in [-0.3, -0.25) is 9.20 Å². The summed E-state index contributed by atoms with van der Waals surface area (Å²) in [7, 11) is 1.41. The maximum Gasteiger partial charge on any atom is 0.250 e. The van der Waals surface area contributed by atoms with Crippen LogP contribution < -0.4 is 5.73 Å². The van der Waals surface area contributed by atoms with Crippen LogP contribution in [0.3, 0.4) is 0 Å². The smallest absolute Gasteiger partial charge is 0.250 e. The molecule has 0 spiro atoms. The molecule has 0 aliphatic carbocycles. The Morgan fingerprint density at radius 2 is 2.13 bits per heavy atom. The van der Waals surface area contributed by atoms with Crippen molar-refractivity contribution in [3.63, 3.8) is 0 Å². The third-order valence-electron chi connectivity index (χ3n) is 3.59. The van der Waals surface area contributed by atoms with Crippen molar-refractivity contribution in [3.8, 4) is 0 Å². The molecule has 0 saturated heterocycles. The van der Waals surface area contributed by atoms with Gasteiger partial charge in [0.25, 0.3) is 5.91 Å². The monoisotopic (exact) mass is 317 g/mol. The van der Waals surface area contributed by atoms with Crippen molar-refractivity contribution in [3.05, 3.63) is 71.3 Å². The standard InChI is InChI=1S/C16H13F2N3O2/c1-23-15(9-3-2-4-10(17)5-9)14-11(16(19)22)6-12(18)13-7-20-8-21(13)14/h2-8,15H,1H3,(H2,19,22). The molecule has 5 nitrogen and oxygen atoms in total. The fourth-order valence-corrected chi connectivity index (χ4v) is 2.61. The Balaban J connectivity index is 2.32. The number of rotatable bonds is 4. The molecule has 118 valence electrons. The van der Waals surface area contributed by atoms with E-state index in [-0.39, 0.29) is 11.1 Å². The van der Waals surface area contributed by atoms with Crippen molar-refractivity contribution in [1.82, 2.24) is 9.38 Å². The summed E-state index contributed by atoms with van der Waals surface area (Å²) in [5.41, 5.74) is 6.25. The number of carbonyl (C=O) groups is 1. The van der Waals surface area contributed by atoms with E-state index in [1.165, 1.54) is 42.2 Å². The SMILES string of the molecule is COC(c1cccc(F)c1)c1c(C(N)=O)cc(F)c2cncn12. The molecule has 0 aliphatic rings. The molecule has 0 bridgehead atoms. The molecule has 0 aliphatic heterocycles. The average molecular weight is 317 g/mol. The van der Waals surface area contributed by atoms with Gasteiger partial charge in [-0.1, -0.05) is 12.1 Å². The molecule has 3 rings (SSSR count). The fourth-order valence-electron chi connectivity index (χ4n) is 2.61. The van der Waals surface area contributed by atoms with E-state index >= 15 is 0 Å². The van der Waals surface area contributed by atoms with Crippen molar-refractivity contribution < 1.29 is 18.3 Å². The zero-order valence-electron chi connectivity index (χ0n) is 12.2. The molecule has 0 fully saturated rings. The number of benzene rings is 1. The Labute approximate surface area is 130 Å². The Bertz CT molecular complexity index is 892. The number of amides is 1. The Kier molecular flexibility index (Phi) is 3.79. The van der Waals surface area contributed by atoms with Crippen molar-refractivity contribution in [2.45, 2.75) is 6.10 Å². The van der Waals surface area contributed by atoms with Gasteiger partial charge in [-0.05, 0) is 23.8 Å². The van der Waals surface area contributed by atoms with Crippen LogP contribution in [0.1, 0.15) is 27.7 Å². The third kappa shape index (κ3) is 2.55. The minimum Gasteiger partial charge on any atom is -0.370 e. The highest BCUT2D eigenvalue weighted by Crippen LogP contribution is 2.30.